The Morgan fingerprint density at radius 1 is 1.25 bits per heavy atom. The molecule has 3 fully saturated rings. The first-order valence-electron chi connectivity index (χ1n) is 5.47. The van der Waals surface area contributed by atoms with Gasteiger partial charge in [-0.05, 0) is 43.0 Å². The predicted octanol–water partition coefficient (Wildman–Crippen LogP) is 1.44. The Hall–Kier alpha value is -1.71. The van der Waals surface area contributed by atoms with Crippen molar-refractivity contribution in [1.82, 2.24) is 0 Å². The van der Waals surface area contributed by atoms with E-state index in [1.54, 1.807) is 24.3 Å². The second kappa shape index (κ2) is 3.14. The van der Waals surface area contributed by atoms with E-state index in [1.165, 1.54) is 0 Å². The molecule has 3 aliphatic rings. The summed E-state index contributed by atoms with van der Waals surface area (Å²) < 4.78 is 0. The zero-order valence-electron chi connectivity index (χ0n) is 8.71. The van der Waals surface area contributed by atoms with Crippen LogP contribution in [-0.4, -0.2) is 28.3 Å². The third kappa shape index (κ3) is 1.19. The van der Waals surface area contributed by atoms with Crippen molar-refractivity contribution in [3.63, 3.8) is 0 Å². The minimum Gasteiger partial charge on any atom is -0.508 e. The van der Waals surface area contributed by atoms with Crippen LogP contribution in [0.15, 0.2) is 24.3 Å². The SMILES string of the molecule is O=C(O)C1C2CC(C2)N1c1ccc(O)cc1. The minimum atomic E-state index is -0.738. The van der Waals surface area contributed by atoms with Gasteiger partial charge in [-0.1, -0.05) is 0 Å². The van der Waals surface area contributed by atoms with E-state index in [9.17, 15) is 15.0 Å². The van der Waals surface area contributed by atoms with Crippen molar-refractivity contribution >= 4 is 11.7 Å². The highest BCUT2D eigenvalue weighted by Gasteiger charge is 2.53. The number of fused-ring (bicyclic) bond motifs is 1. The Labute approximate surface area is 93.1 Å². The van der Waals surface area contributed by atoms with E-state index < -0.39 is 5.97 Å². The highest BCUT2D eigenvalue weighted by Crippen LogP contribution is 2.48. The largest absolute Gasteiger partial charge is 0.508 e. The fourth-order valence-corrected chi connectivity index (χ4v) is 2.89. The zero-order chi connectivity index (χ0) is 11.3. The maximum Gasteiger partial charge on any atom is 0.326 e. The molecule has 84 valence electrons. The number of anilines is 1. The topological polar surface area (TPSA) is 60.8 Å². The molecule has 0 spiro atoms. The fourth-order valence-electron chi connectivity index (χ4n) is 2.89. The van der Waals surface area contributed by atoms with Crippen LogP contribution in [0.25, 0.3) is 0 Å². The number of aromatic hydroxyl groups is 1. The summed E-state index contributed by atoms with van der Waals surface area (Å²) in [6, 6.07) is 6.76. The first-order valence-corrected chi connectivity index (χ1v) is 5.47. The summed E-state index contributed by atoms with van der Waals surface area (Å²) in [5.74, 6) is -0.225. The van der Waals surface area contributed by atoms with E-state index in [0.717, 1.165) is 18.5 Å². The minimum absolute atomic E-state index is 0.210. The summed E-state index contributed by atoms with van der Waals surface area (Å²) in [6.07, 6.45) is 1.97. The summed E-state index contributed by atoms with van der Waals surface area (Å²) >= 11 is 0. The number of carbonyl (C=O) groups is 1. The molecular formula is C12H13NO3. The number of nitrogens with zero attached hydrogens (tertiary/aromatic N) is 1. The Morgan fingerprint density at radius 3 is 2.44 bits per heavy atom. The highest BCUT2D eigenvalue weighted by molar-refractivity contribution is 5.81. The van der Waals surface area contributed by atoms with Crippen LogP contribution in [0.3, 0.4) is 0 Å². The number of phenolic OH excluding ortho intramolecular Hbond substituents is 1. The molecule has 1 atom stereocenters. The first-order chi connectivity index (χ1) is 7.66. The molecular weight excluding hydrogens is 206 g/mol. The molecule has 2 aliphatic heterocycles. The molecule has 4 nitrogen and oxygen atoms in total. The number of carboxylic acid groups (broad SMARTS) is 1. The van der Waals surface area contributed by atoms with Crippen molar-refractivity contribution < 1.29 is 15.0 Å². The van der Waals surface area contributed by atoms with E-state index in [-0.39, 0.29) is 11.8 Å². The van der Waals surface area contributed by atoms with E-state index in [0.29, 0.717) is 12.0 Å². The van der Waals surface area contributed by atoms with Gasteiger partial charge >= 0.3 is 5.97 Å². The molecule has 2 N–H and O–H groups in total. The van der Waals surface area contributed by atoms with E-state index >= 15 is 0 Å². The van der Waals surface area contributed by atoms with E-state index in [1.807, 2.05) is 4.90 Å². The number of rotatable bonds is 2. The van der Waals surface area contributed by atoms with Crippen LogP contribution in [0.2, 0.25) is 0 Å². The van der Waals surface area contributed by atoms with Crippen molar-refractivity contribution in [2.24, 2.45) is 5.92 Å². The second-order valence-electron chi connectivity index (χ2n) is 4.59. The van der Waals surface area contributed by atoms with Gasteiger partial charge in [-0.2, -0.15) is 0 Å². The van der Waals surface area contributed by atoms with Crippen molar-refractivity contribution in [2.75, 3.05) is 4.90 Å². The molecule has 1 saturated carbocycles. The van der Waals surface area contributed by atoms with Crippen LogP contribution in [-0.2, 0) is 4.79 Å². The van der Waals surface area contributed by atoms with Crippen LogP contribution in [0.5, 0.6) is 5.75 Å². The molecule has 1 unspecified atom stereocenters. The number of carboxylic acids is 1. The zero-order valence-corrected chi connectivity index (χ0v) is 8.71. The summed E-state index contributed by atoms with van der Waals surface area (Å²) in [6.45, 7) is 0. The molecule has 1 aromatic carbocycles. The molecule has 4 rings (SSSR count). The molecule has 0 amide bonds. The maximum atomic E-state index is 11.2. The maximum absolute atomic E-state index is 11.2. The van der Waals surface area contributed by atoms with Gasteiger partial charge in [-0.15, -0.1) is 0 Å². The fraction of sp³-hybridized carbons (Fsp3) is 0.417. The third-order valence-corrected chi connectivity index (χ3v) is 3.69. The lowest BCUT2D eigenvalue weighted by molar-refractivity contribution is -0.139. The van der Waals surface area contributed by atoms with E-state index in [4.69, 9.17) is 0 Å². The normalized spacial score (nSPS) is 31.2. The molecule has 1 aromatic rings. The second-order valence-corrected chi connectivity index (χ2v) is 4.59. The molecule has 16 heavy (non-hydrogen) atoms. The summed E-state index contributed by atoms with van der Waals surface area (Å²) in [5, 5.41) is 18.4. The highest BCUT2D eigenvalue weighted by atomic mass is 16.4. The van der Waals surface area contributed by atoms with Crippen LogP contribution < -0.4 is 4.90 Å². The molecule has 4 heteroatoms. The van der Waals surface area contributed by atoms with Gasteiger partial charge in [0.1, 0.15) is 11.8 Å². The number of aliphatic carboxylic acids is 1. The smallest absolute Gasteiger partial charge is 0.326 e. The molecule has 2 saturated heterocycles. The quantitative estimate of drug-likeness (QED) is 0.790. The van der Waals surface area contributed by atoms with Gasteiger partial charge in [0.2, 0.25) is 0 Å². The molecule has 0 aromatic heterocycles. The van der Waals surface area contributed by atoms with Gasteiger partial charge in [-0.3, -0.25) is 0 Å². The van der Waals surface area contributed by atoms with Gasteiger partial charge < -0.3 is 15.1 Å². The predicted molar refractivity (Wildman–Crippen MR) is 58.5 cm³/mol. The Kier molecular flexibility index (Phi) is 1.87. The summed E-state index contributed by atoms with van der Waals surface area (Å²) in [5.41, 5.74) is 0.898. The molecule has 2 heterocycles. The first kappa shape index (κ1) is 9.51. The lowest BCUT2D eigenvalue weighted by atomic mass is 9.83. The summed E-state index contributed by atoms with van der Waals surface area (Å²) in [7, 11) is 0. The van der Waals surface area contributed by atoms with Gasteiger partial charge in [0.05, 0.1) is 0 Å². The lowest BCUT2D eigenvalue weighted by Crippen LogP contribution is -2.36. The van der Waals surface area contributed by atoms with Crippen LogP contribution in [0.4, 0.5) is 5.69 Å². The monoisotopic (exact) mass is 219 g/mol. The van der Waals surface area contributed by atoms with Crippen molar-refractivity contribution in [1.29, 1.82) is 0 Å². The Morgan fingerprint density at radius 2 is 1.88 bits per heavy atom. The van der Waals surface area contributed by atoms with Crippen LogP contribution in [0, 0.1) is 5.92 Å². The number of hydrogen-bond donors (Lipinski definition) is 2. The number of benzene rings is 1. The van der Waals surface area contributed by atoms with Crippen LogP contribution >= 0.6 is 0 Å². The Bertz CT molecular complexity index is 422. The lowest BCUT2D eigenvalue weighted by Gasteiger charge is -2.27. The average Bonchev–Trinajstić information content (AvgIpc) is 2.72. The standard InChI is InChI=1S/C12H13NO3/c14-10-3-1-8(2-4-10)13-9-5-7(6-9)11(13)12(15)16/h1-4,7,9,11,14H,5-6H2,(H,15,16). The van der Waals surface area contributed by atoms with Crippen LogP contribution in [0.1, 0.15) is 12.8 Å². The Balaban J connectivity index is 1.94. The van der Waals surface area contributed by atoms with Gasteiger partial charge in [0, 0.05) is 11.7 Å². The third-order valence-electron chi connectivity index (χ3n) is 3.69. The van der Waals surface area contributed by atoms with Crippen molar-refractivity contribution in [3.8, 4) is 5.75 Å². The molecule has 0 radical (unpaired) electrons. The van der Waals surface area contributed by atoms with Gasteiger partial charge in [0.15, 0.2) is 0 Å². The molecule has 1 aliphatic carbocycles. The van der Waals surface area contributed by atoms with Crippen molar-refractivity contribution in [3.05, 3.63) is 24.3 Å². The summed E-state index contributed by atoms with van der Waals surface area (Å²) in [4.78, 5) is 13.2. The van der Waals surface area contributed by atoms with Crippen molar-refractivity contribution in [2.45, 2.75) is 24.9 Å². The average molecular weight is 219 g/mol. The number of hydrogen-bond acceptors (Lipinski definition) is 3. The van der Waals surface area contributed by atoms with E-state index in [2.05, 4.69) is 0 Å². The van der Waals surface area contributed by atoms with Gasteiger partial charge in [-0.25, -0.2) is 4.79 Å². The molecule has 2 bridgehead atoms. The number of phenols is 1. The van der Waals surface area contributed by atoms with Gasteiger partial charge in [0.25, 0.3) is 0 Å².